The van der Waals surface area contributed by atoms with Gasteiger partial charge in [-0.05, 0) is 43.2 Å². The number of carbonyl (C=O) groups is 1. The van der Waals surface area contributed by atoms with Gasteiger partial charge < -0.3 is 5.32 Å². The van der Waals surface area contributed by atoms with Gasteiger partial charge in [-0.15, -0.1) is 0 Å². The van der Waals surface area contributed by atoms with Crippen LogP contribution >= 0.6 is 0 Å². The van der Waals surface area contributed by atoms with E-state index >= 15 is 0 Å². The van der Waals surface area contributed by atoms with Gasteiger partial charge in [-0.25, -0.2) is 4.98 Å². The normalized spacial score (nSPS) is 11.2. The minimum absolute atomic E-state index is 0.0211. The summed E-state index contributed by atoms with van der Waals surface area (Å²) in [6.07, 6.45) is 2.99. The molecule has 0 unspecified atom stereocenters. The van der Waals surface area contributed by atoms with E-state index < -0.39 is 5.91 Å². The van der Waals surface area contributed by atoms with E-state index in [1.165, 1.54) is 6.08 Å². The molecule has 0 aliphatic rings. The number of nitrogens with one attached hydrogen (secondary N) is 1. The summed E-state index contributed by atoms with van der Waals surface area (Å²) in [6.45, 7) is 3.82. The lowest BCUT2D eigenvalue weighted by Crippen LogP contribution is -2.15. The van der Waals surface area contributed by atoms with Crippen molar-refractivity contribution < 1.29 is 4.79 Å². The first kappa shape index (κ1) is 16.3. The van der Waals surface area contributed by atoms with Crippen molar-refractivity contribution in [1.29, 1.82) is 5.26 Å². The van der Waals surface area contributed by atoms with Crippen molar-refractivity contribution in [3.8, 4) is 6.07 Å². The predicted molar refractivity (Wildman–Crippen MR) is 97.7 cm³/mol. The predicted octanol–water partition coefficient (Wildman–Crippen LogP) is 3.79. The lowest BCUT2D eigenvalue weighted by Gasteiger charge is -2.10. The first-order valence-corrected chi connectivity index (χ1v) is 7.79. The topological polar surface area (TPSA) is 78.7 Å². The second-order valence-electron chi connectivity index (χ2n) is 5.67. The summed E-state index contributed by atoms with van der Waals surface area (Å²) in [5.74, 6) is -0.463. The number of aromatic nitrogens is 2. The Hall–Kier alpha value is -3.52. The molecule has 1 heterocycles. The number of amides is 1. The van der Waals surface area contributed by atoms with Gasteiger partial charge in [0, 0.05) is 5.69 Å². The molecule has 0 saturated heterocycles. The number of rotatable bonds is 3. The Labute approximate surface area is 145 Å². The fourth-order valence-corrected chi connectivity index (χ4v) is 2.53. The molecule has 25 heavy (non-hydrogen) atoms. The van der Waals surface area contributed by atoms with Crippen LogP contribution in [0.4, 0.5) is 5.69 Å². The summed E-state index contributed by atoms with van der Waals surface area (Å²) >= 11 is 0. The number of benzene rings is 2. The highest BCUT2D eigenvalue weighted by Crippen LogP contribution is 2.20. The summed E-state index contributed by atoms with van der Waals surface area (Å²) in [7, 11) is 0. The largest absolute Gasteiger partial charge is 0.321 e. The van der Waals surface area contributed by atoms with Crippen LogP contribution in [0.3, 0.4) is 0 Å². The third-order valence-electron chi connectivity index (χ3n) is 3.84. The number of carbonyl (C=O) groups excluding carboxylic acids is 1. The van der Waals surface area contributed by atoms with E-state index in [1.54, 1.807) is 6.20 Å². The molecule has 1 amide bonds. The minimum Gasteiger partial charge on any atom is -0.321 e. The number of nitriles is 1. The van der Waals surface area contributed by atoms with Gasteiger partial charge in [0.15, 0.2) is 0 Å². The smallest absolute Gasteiger partial charge is 0.266 e. The van der Waals surface area contributed by atoms with Crippen molar-refractivity contribution in [2.24, 2.45) is 0 Å². The molecule has 3 aromatic rings. The van der Waals surface area contributed by atoms with Gasteiger partial charge in [-0.1, -0.05) is 30.3 Å². The standard InChI is InChI=1S/C20H16N4O/c1-13-6-5-7-14(2)19(13)24-20(25)15(11-21)10-16-12-22-17-8-3-4-9-18(17)23-16/h3-10,12H,1-2H3,(H,24,25)/b15-10+. The number of nitrogens with zero attached hydrogens (tertiary/aromatic N) is 3. The van der Waals surface area contributed by atoms with E-state index in [9.17, 15) is 10.1 Å². The Kier molecular flexibility index (Phi) is 4.53. The number of aryl methyl sites for hydroxylation is 2. The molecule has 1 N–H and O–H groups in total. The Morgan fingerprint density at radius 3 is 2.44 bits per heavy atom. The second kappa shape index (κ2) is 6.93. The summed E-state index contributed by atoms with van der Waals surface area (Å²) in [4.78, 5) is 21.2. The highest BCUT2D eigenvalue weighted by Gasteiger charge is 2.13. The average Bonchev–Trinajstić information content (AvgIpc) is 2.62. The van der Waals surface area contributed by atoms with Crippen LogP contribution in [0.1, 0.15) is 16.8 Å². The summed E-state index contributed by atoms with van der Waals surface area (Å²) in [5, 5.41) is 12.2. The van der Waals surface area contributed by atoms with E-state index in [1.807, 2.05) is 62.4 Å². The van der Waals surface area contributed by atoms with Crippen molar-refractivity contribution in [1.82, 2.24) is 9.97 Å². The highest BCUT2D eigenvalue weighted by atomic mass is 16.1. The van der Waals surface area contributed by atoms with Gasteiger partial charge >= 0.3 is 0 Å². The average molecular weight is 328 g/mol. The van der Waals surface area contributed by atoms with Crippen LogP contribution in [0.15, 0.2) is 54.2 Å². The SMILES string of the molecule is Cc1cccc(C)c1NC(=O)/C(C#N)=C/c1cnc2ccccc2n1. The molecule has 5 nitrogen and oxygen atoms in total. The number of hydrogen-bond acceptors (Lipinski definition) is 4. The van der Waals surface area contributed by atoms with Gasteiger partial charge in [0.2, 0.25) is 0 Å². The Morgan fingerprint density at radius 2 is 1.76 bits per heavy atom. The first-order valence-electron chi connectivity index (χ1n) is 7.79. The van der Waals surface area contributed by atoms with Gasteiger partial charge in [-0.3, -0.25) is 9.78 Å². The van der Waals surface area contributed by atoms with Crippen molar-refractivity contribution in [2.75, 3.05) is 5.32 Å². The van der Waals surface area contributed by atoms with Crippen molar-refractivity contribution >= 4 is 28.7 Å². The maximum Gasteiger partial charge on any atom is 0.266 e. The third-order valence-corrected chi connectivity index (χ3v) is 3.84. The minimum atomic E-state index is -0.463. The van der Waals surface area contributed by atoms with E-state index in [-0.39, 0.29) is 5.57 Å². The Balaban J connectivity index is 1.91. The van der Waals surface area contributed by atoms with Gasteiger partial charge in [-0.2, -0.15) is 5.26 Å². The Morgan fingerprint density at radius 1 is 1.08 bits per heavy atom. The zero-order valence-corrected chi connectivity index (χ0v) is 13.9. The Bertz CT molecular complexity index is 1010. The van der Waals surface area contributed by atoms with Crippen LogP contribution in [-0.4, -0.2) is 15.9 Å². The van der Waals surface area contributed by atoms with Crippen LogP contribution in [0.5, 0.6) is 0 Å². The van der Waals surface area contributed by atoms with E-state index in [0.29, 0.717) is 11.2 Å². The fourth-order valence-electron chi connectivity index (χ4n) is 2.53. The van der Waals surface area contributed by atoms with Crippen LogP contribution < -0.4 is 5.32 Å². The fraction of sp³-hybridized carbons (Fsp3) is 0.100. The molecule has 2 aromatic carbocycles. The summed E-state index contributed by atoms with van der Waals surface area (Å²) in [6, 6.07) is 15.1. The molecule has 0 bridgehead atoms. The van der Waals surface area contributed by atoms with Gasteiger partial charge in [0.05, 0.1) is 22.9 Å². The third kappa shape index (κ3) is 3.54. The van der Waals surface area contributed by atoms with Crippen molar-refractivity contribution in [3.63, 3.8) is 0 Å². The molecule has 0 saturated carbocycles. The number of fused-ring (bicyclic) bond motifs is 1. The number of anilines is 1. The summed E-state index contributed by atoms with van der Waals surface area (Å²) in [5.41, 5.74) is 4.52. The molecule has 0 radical (unpaired) electrons. The summed E-state index contributed by atoms with van der Waals surface area (Å²) < 4.78 is 0. The van der Waals surface area contributed by atoms with E-state index in [0.717, 1.165) is 22.3 Å². The molecule has 5 heteroatoms. The number of hydrogen-bond donors (Lipinski definition) is 1. The molecular weight excluding hydrogens is 312 g/mol. The lowest BCUT2D eigenvalue weighted by atomic mass is 10.1. The zero-order chi connectivity index (χ0) is 17.8. The maximum absolute atomic E-state index is 12.5. The van der Waals surface area contributed by atoms with E-state index in [2.05, 4.69) is 15.3 Å². The van der Waals surface area contributed by atoms with Crippen LogP contribution in [0.25, 0.3) is 17.1 Å². The molecular formula is C20H16N4O. The molecule has 122 valence electrons. The van der Waals surface area contributed by atoms with Crippen molar-refractivity contribution in [2.45, 2.75) is 13.8 Å². The molecule has 1 aromatic heterocycles. The molecule has 0 aliphatic heterocycles. The first-order chi connectivity index (χ1) is 12.1. The van der Waals surface area contributed by atoms with Gasteiger partial charge in [0.1, 0.15) is 11.6 Å². The molecule has 0 atom stereocenters. The molecule has 0 spiro atoms. The van der Waals surface area contributed by atoms with Crippen LogP contribution in [0, 0.1) is 25.2 Å². The molecule has 0 fully saturated rings. The zero-order valence-electron chi connectivity index (χ0n) is 13.9. The highest BCUT2D eigenvalue weighted by molar-refractivity contribution is 6.10. The van der Waals surface area contributed by atoms with E-state index in [4.69, 9.17) is 0 Å². The van der Waals surface area contributed by atoms with Crippen molar-refractivity contribution in [3.05, 3.63) is 71.1 Å². The monoisotopic (exact) mass is 328 g/mol. The maximum atomic E-state index is 12.5. The lowest BCUT2D eigenvalue weighted by molar-refractivity contribution is -0.112. The quantitative estimate of drug-likeness (QED) is 0.586. The van der Waals surface area contributed by atoms with Crippen LogP contribution in [-0.2, 0) is 4.79 Å². The van der Waals surface area contributed by atoms with Crippen LogP contribution in [0.2, 0.25) is 0 Å². The molecule has 3 rings (SSSR count). The second-order valence-corrected chi connectivity index (χ2v) is 5.67. The number of para-hydroxylation sites is 3. The van der Waals surface area contributed by atoms with Gasteiger partial charge in [0.25, 0.3) is 5.91 Å². The molecule has 0 aliphatic carbocycles.